The Balaban J connectivity index is 0.00000306. The number of nitrogens with two attached hydrogens (primary N) is 1. The number of carbonyl (C=O) groups excluding carboxylic acids is 2. The van der Waals surface area contributed by atoms with Crippen molar-refractivity contribution >= 4 is 41.6 Å². The van der Waals surface area contributed by atoms with Gasteiger partial charge in [0.25, 0.3) is 5.91 Å². The SMILES string of the molecule is CN(C)C(=O)C(N)Cc1ccc(Oc2ccc(C=C3C(=O)Nc4ccccc43)cc2)cc1.Cl. The summed E-state index contributed by atoms with van der Waals surface area (Å²) in [6.45, 7) is 0. The number of hydrogen-bond donors (Lipinski definition) is 2. The highest BCUT2D eigenvalue weighted by molar-refractivity contribution is 6.34. The first kappa shape index (κ1) is 24.0. The molecule has 170 valence electrons. The molecule has 3 aromatic carbocycles. The minimum absolute atomic E-state index is 0. The Bertz CT molecular complexity index is 1170. The fourth-order valence-electron chi connectivity index (χ4n) is 3.58. The highest BCUT2D eigenvalue weighted by Gasteiger charge is 2.23. The van der Waals surface area contributed by atoms with E-state index in [9.17, 15) is 9.59 Å². The van der Waals surface area contributed by atoms with Gasteiger partial charge in [0, 0.05) is 30.9 Å². The average Bonchev–Trinajstić information content (AvgIpc) is 3.10. The highest BCUT2D eigenvalue weighted by Crippen LogP contribution is 2.33. The Morgan fingerprint density at radius 2 is 1.61 bits per heavy atom. The minimum atomic E-state index is -0.563. The lowest BCUT2D eigenvalue weighted by atomic mass is 10.0. The molecule has 1 unspecified atom stereocenters. The first-order valence-corrected chi connectivity index (χ1v) is 10.4. The van der Waals surface area contributed by atoms with E-state index in [1.807, 2.05) is 78.9 Å². The molecule has 2 amide bonds. The molecular formula is C26H26ClN3O3. The Labute approximate surface area is 199 Å². The van der Waals surface area contributed by atoms with E-state index in [1.165, 1.54) is 4.90 Å². The number of benzene rings is 3. The molecule has 0 bridgehead atoms. The summed E-state index contributed by atoms with van der Waals surface area (Å²) < 4.78 is 5.92. The molecule has 3 N–H and O–H groups in total. The number of halogens is 1. The van der Waals surface area contributed by atoms with Crippen molar-refractivity contribution in [2.24, 2.45) is 5.73 Å². The Morgan fingerprint density at radius 1 is 1.00 bits per heavy atom. The second-order valence-electron chi connectivity index (χ2n) is 7.92. The molecule has 1 heterocycles. The lowest BCUT2D eigenvalue weighted by Crippen LogP contribution is -2.41. The fraction of sp³-hybridized carbons (Fsp3) is 0.154. The second-order valence-corrected chi connectivity index (χ2v) is 7.92. The number of para-hydroxylation sites is 1. The number of likely N-dealkylation sites (N-methyl/N-ethyl adjacent to an activating group) is 1. The zero-order chi connectivity index (χ0) is 22.7. The van der Waals surface area contributed by atoms with Crippen LogP contribution in [0.4, 0.5) is 5.69 Å². The third-order valence-corrected chi connectivity index (χ3v) is 5.27. The maximum Gasteiger partial charge on any atom is 0.256 e. The molecule has 3 aromatic rings. The van der Waals surface area contributed by atoms with E-state index in [0.29, 0.717) is 23.5 Å². The van der Waals surface area contributed by atoms with Gasteiger partial charge in [0.05, 0.1) is 6.04 Å². The summed E-state index contributed by atoms with van der Waals surface area (Å²) in [4.78, 5) is 25.7. The monoisotopic (exact) mass is 463 g/mol. The Kier molecular flexibility index (Phi) is 7.53. The maximum atomic E-state index is 12.3. The lowest BCUT2D eigenvalue weighted by molar-refractivity contribution is -0.130. The van der Waals surface area contributed by atoms with Crippen molar-refractivity contribution in [1.29, 1.82) is 0 Å². The van der Waals surface area contributed by atoms with Crippen molar-refractivity contribution in [3.8, 4) is 11.5 Å². The number of amides is 2. The third kappa shape index (κ3) is 5.61. The van der Waals surface area contributed by atoms with E-state index in [-0.39, 0.29) is 24.2 Å². The lowest BCUT2D eigenvalue weighted by Gasteiger charge is -2.16. The minimum Gasteiger partial charge on any atom is -0.457 e. The second kappa shape index (κ2) is 10.3. The van der Waals surface area contributed by atoms with Gasteiger partial charge >= 0.3 is 0 Å². The number of rotatable bonds is 6. The van der Waals surface area contributed by atoms with Crippen molar-refractivity contribution in [2.45, 2.75) is 12.5 Å². The van der Waals surface area contributed by atoms with Crippen LogP contribution in [0.15, 0.2) is 72.8 Å². The van der Waals surface area contributed by atoms with Gasteiger partial charge in [-0.3, -0.25) is 9.59 Å². The molecule has 6 nitrogen and oxygen atoms in total. The molecule has 33 heavy (non-hydrogen) atoms. The first-order chi connectivity index (χ1) is 15.4. The molecule has 4 rings (SSSR count). The summed E-state index contributed by atoms with van der Waals surface area (Å²) in [6.07, 6.45) is 2.34. The first-order valence-electron chi connectivity index (χ1n) is 10.4. The average molecular weight is 464 g/mol. The van der Waals surface area contributed by atoms with Crippen LogP contribution >= 0.6 is 12.4 Å². The van der Waals surface area contributed by atoms with Gasteiger partial charge in [-0.1, -0.05) is 42.5 Å². The zero-order valence-electron chi connectivity index (χ0n) is 18.4. The van der Waals surface area contributed by atoms with Crippen LogP contribution in [0, 0.1) is 0 Å². The zero-order valence-corrected chi connectivity index (χ0v) is 19.3. The van der Waals surface area contributed by atoms with Gasteiger partial charge in [0.2, 0.25) is 5.91 Å². The number of fused-ring (bicyclic) bond motifs is 1. The van der Waals surface area contributed by atoms with Crippen molar-refractivity contribution in [1.82, 2.24) is 4.90 Å². The molecule has 0 radical (unpaired) electrons. The summed E-state index contributed by atoms with van der Waals surface area (Å²) >= 11 is 0. The number of anilines is 1. The molecule has 0 saturated heterocycles. The van der Waals surface area contributed by atoms with Crippen molar-refractivity contribution in [3.05, 3.63) is 89.5 Å². The van der Waals surface area contributed by atoms with Gasteiger partial charge in [-0.2, -0.15) is 0 Å². The Hall–Kier alpha value is -3.61. The van der Waals surface area contributed by atoms with Crippen molar-refractivity contribution in [2.75, 3.05) is 19.4 Å². The molecular weight excluding hydrogens is 438 g/mol. The topological polar surface area (TPSA) is 84.7 Å². The van der Waals surface area contributed by atoms with Crippen LogP contribution < -0.4 is 15.8 Å². The van der Waals surface area contributed by atoms with Gasteiger partial charge in [0.1, 0.15) is 11.5 Å². The van der Waals surface area contributed by atoms with Crippen LogP contribution in [0.3, 0.4) is 0 Å². The van der Waals surface area contributed by atoms with Crippen molar-refractivity contribution < 1.29 is 14.3 Å². The molecule has 0 aromatic heterocycles. The fourth-order valence-corrected chi connectivity index (χ4v) is 3.58. The van der Waals surface area contributed by atoms with Crippen molar-refractivity contribution in [3.63, 3.8) is 0 Å². The predicted octanol–water partition coefficient (Wildman–Crippen LogP) is 4.35. The summed E-state index contributed by atoms with van der Waals surface area (Å²) in [5.41, 5.74) is 10.2. The standard InChI is InChI=1S/C26H25N3O3.ClH/c1-29(2)26(31)23(27)16-18-9-13-20(14-10-18)32-19-11-7-17(8-12-19)15-22-21-5-3-4-6-24(21)28-25(22)30;/h3-15,23H,16,27H2,1-2H3,(H,28,30);1H. The highest BCUT2D eigenvalue weighted by atomic mass is 35.5. The third-order valence-electron chi connectivity index (χ3n) is 5.27. The normalized spacial score (nSPS) is 14.2. The molecule has 0 aliphatic carbocycles. The van der Waals surface area contributed by atoms with E-state index in [0.717, 1.165) is 22.4 Å². The number of carbonyl (C=O) groups is 2. The van der Waals surface area contributed by atoms with Gasteiger partial charge in [-0.05, 0) is 54.0 Å². The van der Waals surface area contributed by atoms with Crippen LogP contribution in [0.25, 0.3) is 11.6 Å². The van der Waals surface area contributed by atoms with E-state index in [1.54, 1.807) is 14.1 Å². The molecule has 1 atom stereocenters. The summed E-state index contributed by atoms with van der Waals surface area (Å²) in [5.74, 6) is 1.18. The van der Waals surface area contributed by atoms with E-state index in [4.69, 9.17) is 10.5 Å². The smallest absolute Gasteiger partial charge is 0.256 e. The summed E-state index contributed by atoms with van der Waals surface area (Å²) in [7, 11) is 3.39. The van der Waals surface area contributed by atoms with Gasteiger partial charge in [0.15, 0.2) is 0 Å². The number of nitrogens with one attached hydrogen (secondary N) is 1. The molecule has 0 fully saturated rings. The Morgan fingerprint density at radius 3 is 2.24 bits per heavy atom. The van der Waals surface area contributed by atoms with E-state index in [2.05, 4.69) is 5.32 Å². The van der Waals surface area contributed by atoms with Crippen LogP contribution in [0.2, 0.25) is 0 Å². The molecule has 1 aliphatic rings. The van der Waals surface area contributed by atoms with Crippen LogP contribution in [0.1, 0.15) is 16.7 Å². The number of ether oxygens (including phenoxy) is 1. The molecule has 0 spiro atoms. The van der Waals surface area contributed by atoms with Gasteiger partial charge in [-0.15, -0.1) is 12.4 Å². The van der Waals surface area contributed by atoms with Gasteiger partial charge in [-0.25, -0.2) is 0 Å². The quantitative estimate of drug-likeness (QED) is 0.532. The van der Waals surface area contributed by atoms with E-state index >= 15 is 0 Å². The summed E-state index contributed by atoms with van der Waals surface area (Å²) in [6, 6.07) is 22.2. The van der Waals surface area contributed by atoms with Crippen LogP contribution in [-0.2, 0) is 16.0 Å². The summed E-state index contributed by atoms with van der Waals surface area (Å²) in [5, 5.41) is 2.88. The number of hydrogen-bond acceptors (Lipinski definition) is 4. The largest absolute Gasteiger partial charge is 0.457 e. The predicted molar refractivity (Wildman–Crippen MR) is 134 cm³/mol. The molecule has 0 saturated carbocycles. The molecule has 1 aliphatic heterocycles. The van der Waals surface area contributed by atoms with Crippen LogP contribution in [0.5, 0.6) is 11.5 Å². The number of nitrogens with zero attached hydrogens (tertiary/aromatic N) is 1. The maximum absolute atomic E-state index is 12.3. The van der Waals surface area contributed by atoms with Crippen LogP contribution in [-0.4, -0.2) is 36.9 Å². The van der Waals surface area contributed by atoms with E-state index < -0.39 is 6.04 Å². The van der Waals surface area contributed by atoms with Gasteiger partial charge < -0.3 is 20.7 Å². The molecule has 7 heteroatoms.